The van der Waals surface area contributed by atoms with Gasteiger partial charge in [-0.3, -0.25) is 0 Å². The standard InChI is InChI=1S/C11H17BrN2O2S2/c1-2-13-9-4-3-7-14(8-9)18(15,16)11-6-5-10(12)17-11/h5-6,9,13H,2-4,7-8H2,1H3. The molecular formula is C11H17BrN2O2S2. The molecular weight excluding hydrogens is 336 g/mol. The third-order valence-electron chi connectivity index (χ3n) is 3.02. The number of likely N-dealkylation sites (N-methyl/N-ethyl adjacent to an activating group) is 1. The summed E-state index contributed by atoms with van der Waals surface area (Å²) in [7, 11) is -3.31. The van der Waals surface area contributed by atoms with Crippen molar-refractivity contribution < 1.29 is 8.42 Å². The van der Waals surface area contributed by atoms with Crippen molar-refractivity contribution in [1.29, 1.82) is 0 Å². The van der Waals surface area contributed by atoms with E-state index in [1.807, 2.05) is 6.92 Å². The number of rotatable bonds is 4. The molecule has 1 aliphatic heterocycles. The molecule has 4 nitrogen and oxygen atoms in total. The van der Waals surface area contributed by atoms with E-state index in [9.17, 15) is 8.42 Å². The zero-order chi connectivity index (χ0) is 13.2. The van der Waals surface area contributed by atoms with Crippen LogP contribution in [-0.4, -0.2) is 38.4 Å². The molecule has 102 valence electrons. The Balaban J connectivity index is 2.15. The monoisotopic (exact) mass is 352 g/mol. The first-order valence-electron chi connectivity index (χ1n) is 6.03. The number of sulfonamides is 1. The average Bonchev–Trinajstić information content (AvgIpc) is 2.77. The first-order chi connectivity index (χ1) is 8.54. The van der Waals surface area contributed by atoms with Gasteiger partial charge in [0.05, 0.1) is 3.79 Å². The predicted molar refractivity (Wildman–Crippen MR) is 77.5 cm³/mol. The van der Waals surface area contributed by atoms with Crippen LogP contribution in [0.3, 0.4) is 0 Å². The van der Waals surface area contributed by atoms with E-state index >= 15 is 0 Å². The van der Waals surface area contributed by atoms with Crippen LogP contribution in [0, 0.1) is 0 Å². The Hall–Kier alpha value is 0.0500. The van der Waals surface area contributed by atoms with Crippen molar-refractivity contribution in [2.75, 3.05) is 19.6 Å². The largest absolute Gasteiger partial charge is 0.313 e. The molecule has 2 heterocycles. The van der Waals surface area contributed by atoms with E-state index in [4.69, 9.17) is 0 Å². The average molecular weight is 353 g/mol. The van der Waals surface area contributed by atoms with Gasteiger partial charge in [-0.1, -0.05) is 6.92 Å². The smallest absolute Gasteiger partial charge is 0.252 e. The summed E-state index contributed by atoms with van der Waals surface area (Å²) in [6.07, 6.45) is 1.97. The van der Waals surface area contributed by atoms with Gasteiger partial charge in [0, 0.05) is 19.1 Å². The molecule has 2 rings (SSSR count). The van der Waals surface area contributed by atoms with Crippen LogP contribution in [-0.2, 0) is 10.0 Å². The molecule has 1 aliphatic rings. The molecule has 1 N–H and O–H groups in total. The molecule has 0 bridgehead atoms. The summed E-state index contributed by atoms with van der Waals surface area (Å²) in [5, 5.41) is 3.33. The lowest BCUT2D eigenvalue weighted by molar-refractivity contribution is 0.286. The van der Waals surface area contributed by atoms with E-state index in [0.29, 0.717) is 17.3 Å². The summed E-state index contributed by atoms with van der Waals surface area (Å²) < 4.78 is 27.7. The molecule has 18 heavy (non-hydrogen) atoms. The number of thiophene rings is 1. The zero-order valence-corrected chi connectivity index (χ0v) is 13.4. The first kappa shape index (κ1) is 14.5. The van der Waals surface area contributed by atoms with Crippen molar-refractivity contribution in [3.05, 3.63) is 15.9 Å². The van der Waals surface area contributed by atoms with Gasteiger partial charge >= 0.3 is 0 Å². The second-order valence-electron chi connectivity index (χ2n) is 4.32. The summed E-state index contributed by atoms with van der Waals surface area (Å²) in [6.45, 7) is 4.12. The van der Waals surface area contributed by atoms with Crippen molar-refractivity contribution in [3.63, 3.8) is 0 Å². The Morgan fingerprint density at radius 2 is 2.33 bits per heavy atom. The lowest BCUT2D eigenvalue weighted by Crippen LogP contribution is -2.47. The van der Waals surface area contributed by atoms with Crippen LogP contribution in [0.2, 0.25) is 0 Å². The number of halogens is 1. The van der Waals surface area contributed by atoms with Crippen LogP contribution in [0.15, 0.2) is 20.1 Å². The van der Waals surface area contributed by atoms with Crippen molar-refractivity contribution >= 4 is 37.3 Å². The van der Waals surface area contributed by atoms with E-state index in [1.54, 1.807) is 16.4 Å². The van der Waals surface area contributed by atoms with Crippen LogP contribution in [0.4, 0.5) is 0 Å². The lowest BCUT2D eigenvalue weighted by Gasteiger charge is -2.31. The number of nitrogens with one attached hydrogen (secondary N) is 1. The molecule has 1 aromatic rings. The second-order valence-corrected chi connectivity index (χ2v) is 8.95. The summed E-state index contributed by atoms with van der Waals surface area (Å²) >= 11 is 4.58. The Morgan fingerprint density at radius 1 is 1.56 bits per heavy atom. The molecule has 1 fully saturated rings. The molecule has 0 saturated carbocycles. The molecule has 7 heteroatoms. The van der Waals surface area contributed by atoms with Gasteiger partial charge in [-0.2, -0.15) is 4.31 Å². The SMILES string of the molecule is CCNC1CCCN(S(=O)(=O)c2ccc(Br)s2)C1. The maximum atomic E-state index is 12.4. The summed E-state index contributed by atoms with van der Waals surface area (Å²) in [6, 6.07) is 3.73. The highest BCUT2D eigenvalue weighted by Gasteiger charge is 2.30. The van der Waals surface area contributed by atoms with Gasteiger partial charge in [-0.25, -0.2) is 8.42 Å². The Kier molecular flexibility index (Phi) is 4.82. The van der Waals surface area contributed by atoms with Crippen molar-refractivity contribution in [1.82, 2.24) is 9.62 Å². The molecule has 0 amide bonds. The molecule has 0 radical (unpaired) electrons. The van der Waals surface area contributed by atoms with Gasteiger partial charge in [-0.05, 0) is 47.4 Å². The van der Waals surface area contributed by atoms with Gasteiger partial charge in [0.1, 0.15) is 4.21 Å². The minimum Gasteiger partial charge on any atom is -0.313 e. The fourth-order valence-electron chi connectivity index (χ4n) is 2.18. The quantitative estimate of drug-likeness (QED) is 0.904. The van der Waals surface area contributed by atoms with Crippen molar-refractivity contribution in [2.24, 2.45) is 0 Å². The number of hydrogen-bond acceptors (Lipinski definition) is 4. The van der Waals surface area contributed by atoms with Gasteiger partial charge in [-0.15, -0.1) is 11.3 Å². The third kappa shape index (κ3) is 3.14. The van der Waals surface area contributed by atoms with Crippen LogP contribution in [0.25, 0.3) is 0 Å². The predicted octanol–water partition coefficient (Wildman–Crippen LogP) is 2.27. The Labute approximate surface area is 121 Å². The van der Waals surface area contributed by atoms with Crippen LogP contribution in [0.1, 0.15) is 19.8 Å². The van der Waals surface area contributed by atoms with Crippen LogP contribution in [0.5, 0.6) is 0 Å². The second kappa shape index (κ2) is 6.00. The Bertz CT molecular complexity index is 499. The van der Waals surface area contributed by atoms with E-state index in [1.165, 1.54) is 11.3 Å². The molecule has 1 saturated heterocycles. The van der Waals surface area contributed by atoms with E-state index in [0.717, 1.165) is 23.2 Å². The first-order valence-corrected chi connectivity index (χ1v) is 9.08. The zero-order valence-electron chi connectivity index (χ0n) is 10.2. The minimum atomic E-state index is -3.31. The van der Waals surface area contributed by atoms with Crippen LogP contribution < -0.4 is 5.32 Å². The van der Waals surface area contributed by atoms with E-state index in [-0.39, 0.29) is 6.04 Å². The van der Waals surface area contributed by atoms with Gasteiger partial charge < -0.3 is 5.32 Å². The molecule has 0 aliphatic carbocycles. The van der Waals surface area contributed by atoms with E-state index in [2.05, 4.69) is 21.2 Å². The lowest BCUT2D eigenvalue weighted by atomic mass is 10.1. The van der Waals surface area contributed by atoms with Gasteiger partial charge in [0.15, 0.2) is 0 Å². The number of nitrogens with zero attached hydrogens (tertiary/aromatic N) is 1. The highest BCUT2D eigenvalue weighted by molar-refractivity contribution is 9.11. The maximum Gasteiger partial charge on any atom is 0.252 e. The summed E-state index contributed by atoms with van der Waals surface area (Å²) in [5.41, 5.74) is 0. The number of hydrogen-bond donors (Lipinski definition) is 1. The highest BCUT2D eigenvalue weighted by atomic mass is 79.9. The summed E-state index contributed by atoms with van der Waals surface area (Å²) in [5.74, 6) is 0. The highest BCUT2D eigenvalue weighted by Crippen LogP contribution is 2.29. The molecule has 1 aromatic heterocycles. The Morgan fingerprint density at radius 3 is 2.94 bits per heavy atom. The topological polar surface area (TPSA) is 49.4 Å². The van der Waals surface area contributed by atoms with E-state index < -0.39 is 10.0 Å². The fourth-order valence-corrected chi connectivity index (χ4v) is 5.87. The summed E-state index contributed by atoms with van der Waals surface area (Å²) in [4.78, 5) is 0. The molecule has 0 aromatic carbocycles. The molecule has 1 unspecified atom stereocenters. The van der Waals surface area contributed by atoms with Crippen molar-refractivity contribution in [3.8, 4) is 0 Å². The third-order valence-corrected chi connectivity index (χ3v) is 6.98. The normalized spacial score (nSPS) is 22.2. The number of piperidine rings is 1. The van der Waals surface area contributed by atoms with Gasteiger partial charge in [0.2, 0.25) is 0 Å². The fraction of sp³-hybridized carbons (Fsp3) is 0.636. The minimum absolute atomic E-state index is 0.280. The van der Waals surface area contributed by atoms with Crippen molar-refractivity contribution in [2.45, 2.75) is 30.0 Å². The molecule has 1 atom stereocenters. The van der Waals surface area contributed by atoms with Gasteiger partial charge in [0.25, 0.3) is 10.0 Å². The maximum absolute atomic E-state index is 12.4. The van der Waals surface area contributed by atoms with Crippen LogP contribution >= 0.6 is 27.3 Å². The molecule has 0 spiro atoms.